The van der Waals surface area contributed by atoms with Gasteiger partial charge in [-0.05, 0) is 60.2 Å². The van der Waals surface area contributed by atoms with Crippen molar-refractivity contribution in [1.82, 2.24) is 0 Å². The Kier molecular flexibility index (Phi) is 8.44. The third kappa shape index (κ3) is 6.98. The Bertz CT molecular complexity index is 1020. The Morgan fingerprint density at radius 3 is 2.06 bits per heavy atom. The van der Waals surface area contributed by atoms with E-state index in [1.54, 1.807) is 24.3 Å². The highest BCUT2D eigenvalue weighted by Gasteiger charge is 2.11. The summed E-state index contributed by atoms with van der Waals surface area (Å²) in [6.07, 6.45) is 2.11. The second kappa shape index (κ2) is 11.7. The summed E-state index contributed by atoms with van der Waals surface area (Å²) in [7, 11) is 0. The summed E-state index contributed by atoms with van der Waals surface area (Å²) in [4.78, 5) is 24.5. The molecule has 3 aromatic carbocycles. The Morgan fingerprint density at radius 1 is 0.812 bits per heavy atom. The van der Waals surface area contributed by atoms with E-state index in [2.05, 4.69) is 24.5 Å². The number of anilines is 2. The number of nitrogens with one attached hydrogen (secondary N) is 2. The molecule has 0 aromatic heterocycles. The fourth-order valence-corrected chi connectivity index (χ4v) is 3.34. The van der Waals surface area contributed by atoms with E-state index in [0.717, 1.165) is 23.3 Å². The zero-order valence-corrected chi connectivity index (χ0v) is 18.6. The lowest BCUT2D eigenvalue weighted by Gasteiger charge is -2.15. The van der Waals surface area contributed by atoms with Crippen LogP contribution in [0.4, 0.5) is 11.4 Å². The Hall–Kier alpha value is -3.60. The molecule has 0 unspecified atom stereocenters. The normalized spacial score (nSPS) is 11.4. The van der Waals surface area contributed by atoms with Gasteiger partial charge in [-0.25, -0.2) is 0 Å². The van der Waals surface area contributed by atoms with E-state index < -0.39 is 0 Å². The van der Waals surface area contributed by atoms with Gasteiger partial charge in [-0.15, -0.1) is 0 Å². The number of hydrogen-bond acceptors (Lipinski definition) is 3. The van der Waals surface area contributed by atoms with Crippen molar-refractivity contribution in [2.75, 3.05) is 17.2 Å². The fraction of sp³-hybridized carbons (Fsp3) is 0.259. The van der Waals surface area contributed by atoms with Crippen molar-refractivity contribution >= 4 is 23.2 Å². The van der Waals surface area contributed by atoms with Crippen LogP contribution < -0.4 is 15.4 Å². The molecule has 0 spiro atoms. The lowest BCUT2D eigenvalue weighted by molar-refractivity contribution is -0.118. The summed E-state index contributed by atoms with van der Waals surface area (Å²) in [5, 5.41) is 5.71. The molecule has 3 aromatic rings. The number of amides is 2. The summed E-state index contributed by atoms with van der Waals surface area (Å²) < 4.78 is 5.76. The van der Waals surface area contributed by atoms with Gasteiger partial charge in [-0.1, -0.05) is 62.4 Å². The number of rotatable bonds is 10. The van der Waals surface area contributed by atoms with Crippen molar-refractivity contribution in [3.05, 3.63) is 90.0 Å². The van der Waals surface area contributed by atoms with Crippen LogP contribution >= 0.6 is 0 Å². The SMILES string of the molecule is CC[C@@H](C)c1ccccc1OCC(=O)Nc1ccc(NC(=O)CCc2ccccc2)cc1. The van der Waals surface area contributed by atoms with Crippen LogP contribution in [0, 0.1) is 0 Å². The molecule has 5 heteroatoms. The van der Waals surface area contributed by atoms with Gasteiger partial charge in [0, 0.05) is 17.8 Å². The first-order valence-electron chi connectivity index (χ1n) is 11.0. The predicted octanol–water partition coefficient (Wildman–Crippen LogP) is 5.79. The van der Waals surface area contributed by atoms with E-state index in [9.17, 15) is 9.59 Å². The molecule has 166 valence electrons. The first-order chi connectivity index (χ1) is 15.5. The minimum absolute atomic E-state index is 0.0426. The van der Waals surface area contributed by atoms with Crippen LogP contribution in [0.5, 0.6) is 5.75 Å². The van der Waals surface area contributed by atoms with E-state index in [1.807, 2.05) is 54.6 Å². The second-order valence-electron chi connectivity index (χ2n) is 7.80. The third-order valence-corrected chi connectivity index (χ3v) is 5.36. The standard InChI is InChI=1S/C27H30N2O3/c1-3-20(2)24-11-7-8-12-25(24)32-19-27(31)29-23-16-14-22(15-17-23)28-26(30)18-13-21-9-5-4-6-10-21/h4-12,14-17,20H,3,13,18-19H2,1-2H3,(H,28,30)(H,29,31)/t20-/m1/s1. The van der Waals surface area contributed by atoms with Crippen molar-refractivity contribution in [2.24, 2.45) is 0 Å². The lowest BCUT2D eigenvalue weighted by atomic mass is 9.98. The van der Waals surface area contributed by atoms with Gasteiger partial charge in [0.2, 0.25) is 5.91 Å². The molecule has 0 radical (unpaired) electrons. The molecule has 0 aliphatic rings. The lowest BCUT2D eigenvalue weighted by Crippen LogP contribution is -2.20. The first kappa shape index (κ1) is 23.1. The molecule has 0 bridgehead atoms. The van der Waals surface area contributed by atoms with Crippen molar-refractivity contribution < 1.29 is 14.3 Å². The molecule has 5 nitrogen and oxygen atoms in total. The van der Waals surface area contributed by atoms with Crippen molar-refractivity contribution in [1.29, 1.82) is 0 Å². The molecule has 0 aliphatic heterocycles. The van der Waals surface area contributed by atoms with Gasteiger partial charge < -0.3 is 15.4 Å². The molecule has 0 aliphatic carbocycles. The number of ether oxygens (including phenoxy) is 1. The zero-order valence-electron chi connectivity index (χ0n) is 18.6. The maximum Gasteiger partial charge on any atom is 0.262 e. The van der Waals surface area contributed by atoms with Gasteiger partial charge in [-0.3, -0.25) is 9.59 Å². The molecular weight excluding hydrogens is 400 g/mol. The number of benzene rings is 3. The molecule has 1 atom stereocenters. The molecule has 32 heavy (non-hydrogen) atoms. The summed E-state index contributed by atoms with van der Waals surface area (Å²) in [5.74, 6) is 0.831. The van der Waals surface area contributed by atoms with Crippen LogP contribution in [0.2, 0.25) is 0 Å². The molecule has 2 amide bonds. The van der Waals surface area contributed by atoms with Gasteiger partial charge in [0.25, 0.3) is 5.91 Å². The number of para-hydroxylation sites is 1. The highest BCUT2D eigenvalue weighted by molar-refractivity contribution is 5.93. The van der Waals surface area contributed by atoms with E-state index >= 15 is 0 Å². The molecule has 0 heterocycles. The average Bonchev–Trinajstić information content (AvgIpc) is 2.83. The molecule has 0 saturated heterocycles. The summed E-state index contributed by atoms with van der Waals surface area (Å²) in [6, 6.07) is 24.8. The quantitative estimate of drug-likeness (QED) is 0.428. The highest BCUT2D eigenvalue weighted by Crippen LogP contribution is 2.28. The molecule has 0 fully saturated rings. The van der Waals surface area contributed by atoms with Crippen LogP contribution in [-0.2, 0) is 16.0 Å². The number of carbonyl (C=O) groups excluding carboxylic acids is 2. The average molecular weight is 431 g/mol. The predicted molar refractivity (Wildman–Crippen MR) is 129 cm³/mol. The van der Waals surface area contributed by atoms with Crippen LogP contribution in [-0.4, -0.2) is 18.4 Å². The van der Waals surface area contributed by atoms with Crippen LogP contribution in [0.3, 0.4) is 0 Å². The van der Waals surface area contributed by atoms with Crippen molar-refractivity contribution in [3.63, 3.8) is 0 Å². The minimum atomic E-state index is -0.233. The van der Waals surface area contributed by atoms with Gasteiger partial charge in [-0.2, -0.15) is 0 Å². The van der Waals surface area contributed by atoms with Crippen LogP contribution in [0.15, 0.2) is 78.9 Å². The van der Waals surface area contributed by atoms with Gasteiger partial charge in [0.1, 0.15) is 5.75 Å². The van der Waals surface area contributed by atoms with Gasteiger partial charge in [0.05, 0.1) is 0 Å². The summed E-state index contributed by atoms with van der Waals surface area (Å²) >= 11 is 0. The Morgan fingerprint density at radius 2 is 1.41 bits per heavy atom. The monoisotopic (exact) mass is 430 g/mol. The second-order valence-corrected chi connectivity index (χ2v) is 7.80. The van der Waals surface area contributed by atoms with E-state index in [1.165, 1.54) is 0 Å². The van der Waals surface area contributed by atoms with Gasteiger partial charge >= 0.3 is 0 Å². The van der Waals surface area contributed by atoms with Gasteiger partial charge in [0.15, 0.2) is 6.61 Å². The Labute approximate surface area is 189 Å². The first-order valence-corrected chi connectivity index (χ1v) is 11.0. The largest absolute Gasteiger partial charge is 0.483 e. The maximum atomic E-state index is 12.3. The number of hydrogen-bond donors (Lipinski definition) is 2. The summed E-state index contributed by atoms with van der Waals surface area (Å²) in [6.45, 7) is 4.21. The number of aryl methyl sites for hydroxylation is 1. The van der Waals surface area contributed by atoms with Crippen LogP contribution in [0.1, 0.15) is 43.7 Å². The van der Waals surface area contributed by atoms with E-state index in [4.69, 9.17) is 4.74 Å². The summed E-state index contributed by atoms with van der Waals surface area (Å²) in [5.41, 5.74) is 3.58. The Balaban J connectivity index is 1.46. The van der Waals surface area contributed by atoms with Crippen LogP contribution in [0.25, 0.3) is 0 Å². The van der Waals surface area contributed by atoms with E-state index in [0.29, 0.717) is 30.1 Å². The molecule has 3 rings (SSSR count). The molecule has 0 saturated carbocycles. The third-order valence-electron chi connectivity index (χ3n) is 5.36. The minimum Gasteiger partial charge on any atom is -0.483 e. The topological polar surface area (TPSA) is 67.4 Å². The molecular formula is C27H30N2O3. The smallest absolute Gasteiger partial charge is 0.262 e. The van der Waals surface area contributed by atoms with E-state index in [-0.39, 0.29) is 18.4 Å². The number of carbonyl (C=O) groups is 2. The van der Waals surface area contributed by atoms with Crippen molar-refractivity contribution in [3.8, 4) is 5.75 Å². The molecule has 2 N–H and O–H groups in total. The maximum absolute atomic E-state index is 12.3. The fourth-order valence-electron chi connectivity index (χ4n) is 3.34. The zero-order chi connectivity index (χ0) is 22.8. The highest BCUT2D eigenvalue weighted by atomic mass is 16.5. The van der Waals surface area contributed by atoms with Crippen molar-refractivity contribution in [2.45, 2.75) is 39.0 Å².